The fourth-order valence-corrected chi connectivity index (χ4v) is 3.63. The van der Waals surface area contributed by atoms with E-state index in [9.17, 15) is 5.11 Å². The van der Waals surface area contributed by atoms with Crippen molar-refractivity contribution in [2.75, 3.05) is 44.2 Å². The lowest BCUT2D eigenvalue weighted by Gasteiger charge is -2.36. The summed E-state index contributed by atoms with van der Waals surface area (Å²) < 4.78 is 5.92. The molecule has 0 radical (unpaired) electrons. The van der Waals surface area contributed by atoms with Crippen LogP contribution in [-0.2, 0) is 0 Å². The molecule has 1 aromatic heterocycles. The summed E-state index contributed by atoms with van der Waals surface area (Å²) in [4.78, 5) is 9.00. The lowest BCUT2D eigenvalue weighted by Crippen LogP contribution is -2.49. The van der Waals surface area contributed by atoms with Gasteiger partial charge in [0.1, 0.15) is 24.3 Å². The van der Waals surface area contributed by atoms with E-state index < -0.39 is 6.10 Å². The van der Waals surface area contributed by atoms with E-state index in [2.05, 4.69) is 47.7 Å². The van der Waals surface area contributed by atoms with Crippen LogP contribution in [0.25, 0.3) is 0 Å². The molecule has 140 valence electrons. The molecule has 0 amide bonds. The van der Waals surface area contributed by atoms with Crippen molar-refractivity contribution in [1.29, 1.82) is 0 Å². The normalized spacial score (nSPS) is 16.5. The number of benzene rings is 1. The number of aliphatic hydroxyl groups excluding tert-OH is 1. The Morgan fingerprint density at radius 3 is 2.38 bits per heavy atom. The molecule has 1 atom stereocenters. The molecule has 2 heterocycles. The number of pyridine rings is 1. The SMILES string of the molecule is Cc1cc(C)c(OC[C@@H](O)CN2CCN(c3ccccn3)CC2)c(C)c1. The Hall–Kier alpha value is -2.11. The number of rotatable bonds is 6. The molecule has 1 N–H and O–H groups in total. The molecule has 0 unspecified atom stereocenters. The maximum atomic E-state index is 10.4. The summed E-state index contributed by atoms with van der Waals surface area (Å²) in [6.07, 6.45) is 1.34. The molecule has 5 nitrogen and oxygen atoms in total. The van der Waals surface area contributed by atoms with E-state index in [1.165, 1.54) is 5.56 Å². The standard InChI is InChI=1S/C21H29N3O2/c1-16-12-17(2)21(18(3)13-16)26-15-19(25)14-23-8-10-24(11-9-23)20-6-4-5-7-22-20/h4-7,12-13,19,25H,8-11,14-15H2,1-3H3/t19-/m0/s1. The third-order valence-corrected chi connectivity index (χ3v) is 4.84. The van der Waals surface area contributed by atoms with Crippen molar-refractivity contribution < 1.29 is 9.84 Å². The fraction of sp³-hybridized carbons (Fsp3) is 0.476. The van der Waals surface area contributed by atoms with Gasteiger partial charge in [-0.2, -0.15) is 0 Å². The number of anilines is 1. The minimum absolute atomic E-state index is 0.325. The summed E-state index contributed by atoms with van der Waals surface area (Å²) >= 11 is 0. The summed E-state index contributed by atoms with van der Waals surface area (Å²) in [5, 5.41) is 10.4. The predicted molar refractivity (Wildman–Crippen MR) is 105 cm³/mol. The van der Waals surface area contributed by atoms with Crippen molar-refractivity contribution in [2.24, 2.45) is 0 Å². The van der Waals surface area contributed by atoms with E-state index >= 15 is 0 Å². The number of aromatic nitrogens is 1. The number of ether oxygens (including phenoxy) is 1. The number of hydrogen-bond donors (Lipinski definition) is 1. The van der Waals surface area contributed by atoms with Crippen LogP contribution in [0.2, 0.25) is 0 Å². The molecule has 0 bridgehead atoms. The zero-order valence-corrected chi connectivity index (χ0v) is 16.0. The zero-order chi connectivity index (χ0) is 18.5. The zero-order valence-electron chi connectivity index (χ0n) is 16.0. The fourth-order valence-electron chi connectivity index (χ4n) is 3.63. The lowest BCUT2D eigenvalue weighted by molar-refractivity contribution is 0.0658. The summed E-state index contributed by atoms with van der Waals surface area (Å²) in [5.74, 6) is 1.93. The quantitative estimate of drug-likeness (QED) is 0.863. The van der Waals surface area contributed by atoms with Gasteiger partial charge in [0.15, 0.2) is 0 Å². The Morgan fingerprint density at radius 1 is 1.08 bits per heavy atom. The second kappa shape index (κ2) is 8.52. The van der Waals surface area contributed by atoms with Crippen molar-refractivity contribution in [3.63, 3.8) is 0 Å². The van der Waals surface area contributed by atoms with E-state index in [-0.39, 0.29) is 0 Å². The molecule has 0 saturated carbocycles. The largest absolute Gasteiger partial charge is 0.490 e. The maximum absolute atomic E-state index is 10.4. The van der Waals surface area contributed by atoms with E-state index in [4.69, 9.17) is 4.74 Å². The van der Waals surface area contributed by atoms with Gasteiger partial charge in [0.25, 0.3) is 0 Å². The number of aliphatic hydroxyl groups is 1. The minimum Gasteiger partial charge on any atom is -0.490 e. The van der Waals surface area contributed by atoms with Crippen molar-refractivity contribution in [1.82, 2.24) is 9.88 Å². The summed E-state index contributed by atoms with van der Waals surface area (Å²) in [6.45, 7) is 10.9. The van der Waals surface area contributed by atoms with Gasteiger partial charge in [-0.25, -0.2) is 4.98 Å². The van der Waals surface area contributed by atoms with Crippen molar-refractivity contribution in [3.8, 4) is 5.75 Å². The van der Waals surface area contributed by atoms with Gasteiger partial charge in [-0.3, -0.25) is 4.90 Å². The summed E-state index contributed by atoms with van der Waals surface area (Å²) in [7, 11) is 0. The van der Waals surface area contributed by atoms with Gasteiger partial charge in [0, 0.05) is 38.9 Å². The molecule has 1 fully saturated rings. The van der Waals surface area contributed by atoms with Gasteiger partial charge in [-0.1, -0.05) is 23.8 Å². The molecule has 0 aliphatic carbocycles. The van der Waals surface area contributed by atoms with Crippen LogP contribution in [0.5, 0.6) is 5.75 Å². The first-order chi connectivity index (χ1) is 12.5. The second-order valence-corrected chi connectivity index (χ2v) is 7.17. The van der Waals surface area contributed by atoms with Crippen LogP contribution in [0.4, 0.5) is 5.82 Å². The van der Waals surface area contributed by atoms with Crippen LogP contribution in [0.15, 0.2) is 36.5 Å². The molecule has 1 saturated heterocycles. The highest BCUT2D eigenvalue weighted by Gasteiger charge is 2.20. The number of nitrogens with zero attached hydrogens (tertiary/aromatic N) is 3. The monoisotopic (exact) mass is 355 g/mol. The first kappa shape index (κ1) is 18.7. The molecule has 1 aliphatic heterocycles. The first-order valence-corrected chi connectivity index (χ1v) is 9.30. The molecule has 5 heteroatoms. The van der Waals surface area contributed by atoms with Gasteiger partial charge in [0.2, 0.25) is 0 Å². The lowest BCUT2D eigenvalue weighted by atomic mass is 10.1. The topological polar surface area (TPSA) is 48.8 Å². The van der Waals surface area contributed by atoms with E-state index in [0.717, 1.165) is 48.9 Å². The molecule has 26 heavy (non-hydrogen) atoms. The van der Waals surface area contributed by atoms with Crippen LogP contribution in [0.1, 0.15) is 16.7 Å². The van der Waals surface area contributed by atoms with Gasteiger partial charge in [0.05, 0.1) is 0 Å². The number of piperazine rings is 1. The Balaban J connectivity index is 1.45. The first-order valence-electron chi connectivity index (χ1n) is 9.30. The molecule has 0 spiro atoms. The summed E-state index contributed by atoms with van der Waals surface area (Å²) in [6, 6.07) is 10.2. The predicted octanol–water partition coefficient (Wildman–Crippen LogP) is 2.57. The van der Waals surface area contributed by atoms with Gasteiger partial charge in [-0.05, 0) is 44.0 Å². The Labute approximate surface area is 156 Å². The van der Waals surface area contributed by atoms with Crippen LogP contribution in [0, 0.1) is 20.8 Å². The molecule has 1 aliphatic rings. The van der Waals surface area contributed by atoms with Crippen molar-refractivity contribution >= 4 is 5.82 Å². The number of aryl methyl sites for hydroxylation is 3. The van der Waals surface area contributed by atoms with Crippen LogP contribution in [-0.4, -0.2) is 60.4 Å². The molecule has 3 rings (SSSR count). The van der Waals surface area contributed by atoms with Crippen molar-refractivity contribution in [3.05, 3.63) is 53.2 Å². The molecular weight excluding hydrogens is 326 g/mol. The van der Waals surface area contributed by atoms with E-state index in [1.807, 2.05) is 24.4 Å². The van der Waals surface area contributed by atoms with Crippen LogP contribution >= 0.6 is 0 Å². The van der Waals surface area contributed by atoms with E-state index in [1.54, 1.807) is 0 Å². The Morgan fingerprint density at radius 2 is 1.77 bits per heavy atom. The van der Waals surface area contributed by atoms with Crippen LogP contribution < -0.4 is 9.64 Å². The highest BCUT2D eigenvalue weighted by atomic mass is 16.5. The Kier molecular flexibility index (Phi) is 6.12. The highest BCUT2D eigenvalue weighted by molar-refractivity contribution is 5.43. The number of β-amino-alcohol motifs (C(OH)–C–C–N with tert-alkyl or cyclic N) is 1. The van der Waals surface area contributed by atoms with Gasteiger partial charge >= 0.3 is 0 Å². The summed E-state index contributed by atoms with van der Waals surface area (Å²) in [5.41, 5.74) is 3.48. The molecular formula is C21H29N3O2. The average Bonchev–Trinajstić information content (AvgIpc) is 2.62. The number of hydrogen-bond acceptors (Lipinski definition) is 5. The third kappa shape index (κ3) is 4.74. The highest BCUT2D eigenvalue weighted by Crippen LogP contribution is 2.24. The second-order valence-electron chi connectivity index (χ2n) is 7.17. The van der Waals surface area contributed by atoms with E-state index in [0.29, 0.717) is 13.2 Å². The third-order valence-electron chi connectivity index (χ3n) is 4.84. The minimum atomic E-state index is -0.489. The molecule has 2 aromatic rings. The van der Waals surface area contributed by atoms with Crippen LogP contribution in [0.3, 0.4) is 0 Å². The molecule has 1 aromatic carbocycles. The van der Waals surface area contributed by atoms with Gasteiger partial charge < -0.3 is 14.7 Å². The average molecular weight is 355 g/mol. The van der Waals surface area contributed by atoms with Gasteiger partial charge in [-0.15, -0.1) is 0 Å². The van der Waals surface area contributed by atoms with Crippen molar-refractivity contribution in [2.45, 2.75) is 26.9 Å². The maximum Gasteiger partial charge on any atom is 0.128 e. The Bertz CT molecular complexity index is 689. The smallest absolute Gasteiger partial charge is 0.128 e.